The van der Waals surface area contributed by atoms with Gasteiger partial charge < -0.3 is 13.3 Å². The summed E-state index contributed by atoms with van der Waals surface area (Å²) >= 11 is 0. The van der Waals surface area contributed by atoms with E-state index in [4.69, 9.17) is 13.3 Å². The maximum atomic E-state index is 6.60. The molecule has 0 bridgehead atoms. The van der Waals surface area contributed by atoms with E-state index in [0.717, 1.165) is 93.6 Å². The second-order valence-electron chi connectivity index (χ2n) is 13.4. The minimum absolute atomic E-state index is 0.101. The first-order chi connectivity index (χ1) is 25.2. The molecule has 1 fully saturated rings. The molecule has 0 aliphatic carbocycles. The fourth-order valence-corrected chi connectivity index (χ4v) is 7.99. The van der Waals surface area contributed by atoms with E-state index in [0.29, 0.717) is 0 Å². The summed E-state index contributed by atoms with van der Waals surface area (Å²) in [7, 11) is 0. The number of para-hydroxylation sites is 3. The Hall–Kier alpha value is -6.18. The van der Waals surface area contributed by atoms with E-state index in [9.17, 15) is 0 Å². The molecule has 3 atom stereocenters. The first-order valence-corrected chi connectivity index (χ1v) is 17.4. The second kappa shape index (κ2) is 11.2. The summed E-state index contributed by atoms with van der Waals surface area (Å²) in [6, 6.07) is 52.6. The zero-order chi connectivity index (χ0) is 33.5. The fraction of sp³-hybridized carbons (Fsp3) is 0.0667. The molecule has 11 rings (SSSR count). The molecule has 0 radical (unpaired) electrons. The Labute approximate surface area is 292 Å². The van der Waals surface area contributed by atoms with E-state index in [1.165, 1.54) is 0 Å². The van der Waals surface area contributed by atoms with Crippen LogP contribution in [-0.2, 0) is 0 Å². The maximum absolute atomic E-state index is 6.60. The predicted molar refractivity (Wildman–Crippen MR) is 204 cm³/mol. The Morgan fingerprint density at radius 2 is 0.843 bits per heavy atom. The van der Waals surface area contributed by atoms with Gasteiger partial charge in [0.15, 0.2) is 0 Å². The zero-order valence-corrected chi connectivity index (χ0v) is 27.4. The van der Waals surface area contributed by atoms with Crippen LogP contribution in [0.25, 0.3) is 76.9 Å². The smallest absolute Gasteiger partial charge is 0.143 e. The average molecular weight is 662 g/mol. The highest BCUT2D eigenvalue weighted by Crippen LogP contribution is 2.42. The third-order valence-corrected chi connectivity index (χ3v) is 10.4. The molecule has 3 aromatic heterocycles. The van der Waals surface area contributed by atoms with E-state index in [1.54, 1.807) is 0 Å². The van der Waals surface area contributed by atoms with Crippen molar-refractivity contribution in [2.75, 3.05) is 0 Å². The minimum Gasteiger partial charge on any atom is -0.456 e. The summed E-state index contributed by atoms with van der Waals surface area (Å²) in [6.45, 7) is 0. The van der Waals surface area contributed by atoms with Crippen LogP contribution in [0.15, 0.2) is 165 Å². The van der Waals surface area contributed by atoms with Crippen molar-refractivity contribution in [3.05, 3.63) is 168 Å². The molecule has 3 N–H and O–H groups in total. The van der Waals surface area contributed by atoms with Gasteiger partial charge in [0.05, 0.1) is 18.5 Å². The molecule has 7 aromatic carbocycles. The van der Waals surface area contributed by atoms with Gasteiger partial charge in [0.1, 0.15) is 33.5 Å². The Morgan fingerprint density at radius 1 is 0.333 bits per heavy atom. The number of furan rings is 3. The number of benzene rings is 7. The molecule has 0 saturated carbocycles. The summed E-state index contributed by atoms with van der Waals surface area (Å²) < 4.78 is 19.3. The van der Waals surface area contributed by atoms with Crippen molar-refractivity contribution < 1.29 is 13.3 Å². The fourth-order valence-electron chi connectivity index (χ4n) is 7.99. The molecule has 0 spiro atoms. The third-order valence-electron chi connectivity index (χ3n) is 10.4. The average Bonchev–Trinajstić information content (AvgIpc) is 3.88. The standard InChI is InChI=1S/C45H31N3O3/c1-2-10-26(11-3-1)43-46-44(27-20-22-31-29-12-4-6-17-36(29)49-39(31)24-27)48-45(47-43)28-21-23-35-40(25-28)50-38-19-9-14-32(41(35)38)34-16-8-15-33-30-13-5-7-18-37(30)51-42(33)34/h1-25,43-48H. The predicted octanol–water partition coefficient (Wildman–Crippen LogP) is 11.2. The molecule has 3 unspecified atom stereocenters. The maximum Gasteiger partial charge on any atom is 0.143 e. The van der Waals surface area contributed by atoms with Crippen LogP contribution in [-0.4, -0.2) is 0 Å². The highest BCUT2D eigenvalue weighted by Gasteiger charge is 2.30. The van der Waals surface area contributed by atoms with Gasteiger partial charge in [-0.05, 0) is 52.6 Å². The van der Waals surface area contributed by atoms with Gasteiger partial charge in [-0.1, -0.05) is 121 Å². The Morgan fingerprint density at radius 3 is 1.61 bits per heavy atom. The van der Waals surface area contributed by atoms with Gasteiger partial charge in [-0.2, -0.15) is 0 Å². The summed E-state index contributed by atoms with van der Waals surface area (Å²) in [6.07, 6.45) is -0.424. The van der Waals surface area contributed by atoms with Crippen molar-refractivity contribution in [2.24, 2.45) is 0 Å². The number of rotatable bonds is 4. The van der Waals surface area contributed by atoms with Crippen LogP contribution in [0.1, 0.15) is 35.2 Å². The van der Waals surface area contributed by atoms with Crippen LogP contribution in [0.4, 0.5) is 0 Å². The van der Waals surface area contributed by atoms with Gasteiger partial charge in [0.25, 0.3) is 0 Å². The highest BCUT2D eigenvalue weighted by atomic mass is 16.3. The summed E-state index contributed by atoms with van der Waals surface area (Å²) in [5, 5.41) is 18.1. The normalized spacial score (nSPS) is 18.2. The van der Waals surface area contributed by atoms with E-state index >= 15 is 0 Å². The first kappa shape index (κ1) is 28.6. The highest BCUT2D eigenvalue weighted by molar-refractivity contribution is 6.17. The molecule has 244 valence electrons. The Kier molecular flexibility index (Phi) is 6.27. The molecule has 6 heteroatoms. The molecule has 4 heterocycles. The van der Waals surface area contributed by atoms with Crippen LogP contribution >= 0.6 is 0 Å². The summed E-state index contributed by atoms with van der Waals surface area (Å²) in [5.41, 5.74) is 10.7. The van der Waals surface area contributed by atoms with Gasteiger partial charge in [-0.3, -0.25) is 16.0 Å². The molecule has 6 nitrogen and oxygen atoms in total. The number of hydrogen-bond acceptors (Lipinski definition) is 6. The lowest BCUT2D eigenvalue weighted by atomic mass is 9.97. The van der Waals surface area contributed by atoms with Crippen molar-refractivity contribution in [2.45, 2.75) is 18.5 Å². The molecular weight excluding hydrogens is 631 g/mol. The van der Waals surface area contributed by atoms with Gasteiger partial charge in [0, 0.05) is 37.9 Å². The molecule has 51 heavy (non-hydrogen) atoms. The van der Waals surface area contributed by atoms with Crippen molar-refractivity contribution in [3.8, 4) is 11.1 Å². The van der Waals surface area contributed by atoms with Crippen molar-refractivity contribution in [3.63, 3.8) is 0 Å². The van der Waals surface area contributed by atoms with Crippen LogP contribution < -0.4 is 16.0 Å². The lowest BCUT2D eigenvalue weighted by molar-refractivity contribution is 0.203. The lowest BCUT2D eigenvalue weighted by Gasteiger charge is -2.39. The SMILES string of the molecule is c1ccc(C2NC(c3ccc4c(c3)oc3ccccc34)NC(c3ccc4c(c3)oc3cccc(-c5cccc6c5oc5ccccc56)c34)N2)cc1. The minimum atomic E-state index is -0.172. The number of nitrogens with one attached hydrogen (secondary N) is 3. The van der Waals surface area contributed by atoms with Crippen LogP contribution in [0, 0.1) is 0 Å². The first-order valence-electron chi connectivity index (χ1n) is 17.4. The molecule has 0 amide bonds. The van der Waals surface area contributed by atoms with Crippen molar-refractivity contribution in [1.82, 2.24) is 16.0 Å². The summed E-state index contributed by atoms with van der Waals surface area (Å²) in [4.78, 5) is 0. The van der Waals surface area contributed by atoms with Crippen molar-refractivity contribution in [1.29, 1.82) is 0 Å². The lowest BCUT2D eigenvalue weighted by Crippen LogP contribution is -2.54. The van der Waals surface area contributed by atoms with E-state index in [2.05, 4.69) is 131 Å². The quantitative estimate of drug-likeness (QED) is 0.174. The topological polar surface area (TPSA) is 75.5 Å². The third kappa shape index (κ3) is 4.55. The van der Waals surface area contributed by atoms with E-state index < -0.39 is 0 Å². The van der Waals surface area contributed by atoms with Gasteiger partial charge in [-0.25, -0.2) is 0 Å². The monoisotopic (exact) mass is 661 g/mol. The Bertz CT molecular complexity index is 2940. The van der Waals surface area contributed by atoms with E-state index in [-0.39, 0.29) is 18.5 Å². The van der Waals surface area contributed by atoms with E-state index in [1.807, 2.05) is 36.4 Å². The molecule has 1 saturated heterocycles. The van der Waals surface area contributed by atoms with Crippen LogP contribution in [0.5, 0.6) is 0 Å². The van der Waals surface area contributed by atoms with Crippen molar-refractivity contribution >= 4 is 65.8 Å². The Balaban J connectivity index is 1.01. The molecule has 1 aliphatic heterocycles. The largest absolute Gasteiger partial charge is 0.456 e. The van der Waals surface area contributed by atoms with Gasteiger partial charge in [0.2, 0.25) is 0 Å². The van der Waals surface area contributed by atoms with Gasteiger partial charge in [-0.15, -0.1) is 0 Å². The van der Waals surface area contributed by atoms with Gasteiger partial charge >= 0.3 is 0 Å². The molecular formula is C45H31N3O3. The summed E-state index contributed by atoms with van der Waals surface area (Å²) in [5.74, 6) is 0. The number of fused-ring (bicyclic) bond motifs is 9. The zero-order valence-electron chi connectivity index (χ0n) is 27.4. The molecule has 10 aromatic rings. The second-order valence-corrected chi connectivity index (χ2v) is 13.4. The number of hydrogen-bond donors (Lipinski definition) is 3. The van der Waals surface area contributed by atoms with Crippen LogP contribution in [0.3, 0.4) is 0 Å². The van der Waals surface area contributed by atoms with Crippen LogP contribution in [0.2, 0.25) is 0 Å². The molecule has 1 aliphatic rings.